The average molecular weight is 374 g/mol. The van der Waals surface area contributed by atoms with Crippen LogP contribution in [0.3, 0.4) is 0 Å². The summed E-state index contributed by atoms with van der Waals surface area (Å²) in [6.07, 6.45) is 1.35. The molecule has 2 atom stereocenters. The zero-order valence-corrected chi connectivity index (χ0v) is 15.7. The first-order valence-corrected chi connectivity index (χ1v) is 9.38. The van der Waals surface area contributed by atoms with E-state index in [9.17, 15) is 14.4 Å². The van der Waals surface area contributed by atoms with Gasteiger partial charge in [-0.15, -0.1) is 0 Å². The predicted molar refractivity (Wildman–Crippen MR) is 102 cm³/mol. The molecule has 0 radical (unpaired) electrons. The minimum absolute atomic E-state index is 0.341. The molecule has 3 rings (SSSR count). The maximum atomic E-state index is 12.5. The van der Waals surface area contributed by atoms with Gasteiger partial charge < -0.3 is 20.3 Å². The standard InChI is InChI=1S/C19H26N4O4/c1-3-4-16-18(25)23(19(26)21-16)13(2)17(24)20-14-5-7-15(8-6-14)22-9-11-27-12-10-22/h5-8,13,16H,3-4,9-12H2,1-2H3,(H,20,24)(H,21,26)/t13-,16-/m0/s1. The number of amides is 4. The van der Waals surface area contributed by atoms with Gasteiger partial charge in [0, 0.05) is 24.5 Å². The third-order valence-electron chi connectivity index (χ3n) is 4.91. The molecule has 146 valence electrons. The Labute approximate surface area is 158 Å². The van der Waals surface area contributed by atoms with E-state index in [2.05, 4.69) is 15.5 Å². The van der Waals surface area contributed by atoms with E-state index in [4.69, 9.17) is 4.74 Å². The van der Waals surface area contributed by atoms with Crippen LogP contribution >= 0.6 is 0 Å². The molecule has 1 aromatic rings. The first-order chi connectivity index (χ1) is 13.0. The lowest BCUT2D eigenvalue weighted by atomic mass is 10.1. The predicted octanol–water partition coefficient (Wildman–Crippen LogP) is 1.57. The van der Waals surface area contributed by atoms with Gasteiger partial charge in [-0.3, -0.25) is 14.5 Å². The number of imide groups is 1. The van der Waals surface area contributed by atoms with Crippen molar-refractivity contribution in [1.82, 2.24) is 10.2 Å². The van der Waals surface area contributed by atoms with Crippen molar-refractivity contribution in [3.05, 3.63) is 24.3 Å². The number of carbonyl (C=O) groups excluding carboxylic acids is 3. The van der Waals surface area contributed by atoms with E-state index < -0.39 is 24.0 Å². The molecule has 0 aliphatic carbocycles. The summed E-state index contributed by atoms with van der Waals surface area (Å²) in [5.41, 5.74) is 1.70. The summed E-state index contributed by atoms with van der Waals surface area (Å²) in [5.74, 6) is -0.734. The summed E-state index contributed by atoms with van der Waals surface area (Å²) >= 11 is 0. The molecule has 8 heteroatoms. The van der Waals surface area contributed by atoms with Crippen molar-refractivity contribution in [2.24, 2.45) is 0 Å². The largest absolute Gasteiger partial charge is 0.378 e. The smallest absolute Gasteiger partial charge is 0.325 e. The molecule has 2 aliphatic heterocycles. The van der Waals surface area contributed by atoms with Crippen LogP contribution in [0.5, 0.6) is 0 Å². The van der Waals surface area contributed by atoms with Gasteiger partial charge in [0.25, 0.3) is 5.91 Å². The molecule has 27 heavy (non-hydrogen) atoms. The van der Waals surface area contributed by atoms with Crippen LogP contribution in [-0.2, 0) is 14.3 Å². The van der Waals surface area contributed by atoms with Crippen LogP contribution in [-0.4, -0.2) is 61.1 Å². The van der Waals surface area contributed by atoms with Crippen molar-refractivity contribution in [3.8, 4) is 0 Å². The quantitative estimate of drug-likeness (QED) is 0.738. The number of nitrogens with one attached hydrogen (secondary N) is 2. The molecule has 0 aromatic heterocycles. The van der Waals surface area contributed by atoms with Crippen molar-refractivity contribution < 1.29 is 19.1 Å². The Hall–Kier alpha value is -2.61. The zero-order valence-electron chi connectivity index (χ0n) is 15.7. The number of hydrogen-bond acceptors (Lipinski definition) is 5. The number of nitrogens with zero attached hydrogens (tertiary/aromatic N) is 2. The van der Waals surface area contributed by atoms with Gasteiger partial charge in [-0.25, -0.2) is 4.79 Å². The van der Waals surface area contributed by atoms with Crippen LogP contribution in [0.25, 0.3) is 0 Å². The van der Waals surface area contributed by atoms with Gasteiger partial charge in [-0.2, -0.15) is 0 Å². The van der Waals surface area contributed by atoms with Gasteiger partial charge in [0.15, 0.2) is 0 Å². The second-order valence-corrected chi connectivity index (χ2v) is 6.81. The molecule has 1 aromatic carbocycles. The first kappa shape index (κ1) is 19.2. The van der Waals surface area contributed by atoms with Crippen molar-refractivity contribution in [2.45, 2.75) is 38.8 Å². The van der Waals surface area contributed by atoms with E-state index in [0.29, 0.717) is 25.3 Å². The molecule has 2 aliphatic rings. The Kier molecular flexibility index (Phi) is 5.95. The lowest BCUT2D eigenvalue weighted by molar-refractivity contribution is -0.133. The molecule has 0 saturated carbocycles. The number of urea groups is 1. The summed E-state index contributed by atoms with van der Waals surface area (Å²) in [7, 11) is 0. The Morgan fingerprint density at radius 3 is 2.56 bits per heavy atom. The minimum Gasteiger partial charge on any atom is -0.378 e. The lowest BCUT2D eigenvalue weighted by Gasteiger charge is -2.29. The monoisotopic (exact) mass is 374 g/mol. The molecule has 2 N–H and O–H groups in total. The Bertz CT molecular complexity index is 700. The van der Waals surface area contributed by atoms with Crippen molar-refractivity contribution in [2.75, 3.05) is 36.5 Å². The summed E-state index contributed by atoms with van der Waals surface area (Å²) in [6.45, 7) is 6.60. The number of anilines is 2. The minimum atomic E-state index is -0.877. The molecule has 0 unspecified atom stereocenters. The highest BCUT2D eigenvalue weighted by Gasteiger charge is 2.42. The fourth-order valence-electron chi connectivity index (χ4n) is 3.34. The molecular formula is C19H26N4O4. The van der Waals surface area contributed by atoms with Crippen molar-refractivity contribution >= 4 is 29.2 Å². The highest BCUT2D eigenvalue weighted by molar-refractivity contribution is 6.09. The van der Waals surface area contributed by atoms with E-state index in [0.717, 1.165) is 30.1 Å². The second kappa shape index (κ2) is 8.39. The molecule has 2 heterocycles. The van der Waals surface area contributed by atoms with Crippen LogP contribution in [0.1, 0.15) is 26.7 Å². The van der Waals surface area contributed by atoms with Gasteiger partial charge in [0.05, 0.1) is 13.2 Å². The number of carbonyl (C=O) groups is 3. The van der Waals surface area contributed by atoms with Gasteiger partial charge in [-0.05, 0) is 37.6 Å². The highest BCUT2D eigenvalue weighted by atomic mass is 16.5. The van der Waals surface area contributed by atoms with Gasteiger partial charge >= 0.3 is 6.03 Å². The van der Waals surface area contributed by atoms with E-state index in [1.807, 2.05) is 31.2 Å². The van der Waals surface area contributed by atoms with E-state index in [-0.39, 0.29) is 5.91 Å². The maximum Gasteiger partial charge on any atom is 0.325 e. The molecular weight excluding hydrogens is 348 g/mol. The Morgan fingerprint density at radius 1 is 1.26 bits per heavy atom. The molecule has 0 bridgehead atoms. The van der Waals surface area contributed by atoms with Crippen LogP contribution in [0.15, 0.2) is 24.3 Å². The SMILES string of the molecule is CCC[C@@H]1NC(=O)N([C@@H](C)C(=O)Nc2ccc(N3CCOCC3)cc2)C1=O. The topological polar surface area (TPSA) is 91.0 Å². The zero-order chi connectivity index (χ0) is 19.4. The maximum absolute atomic E-state index is 12.5. The fourth-order valence-corrected chi connectivity index (χ4v) is 3.34. The van der Waals surface area contributed by atoms with Crippen LogP contribution in [0, 0.1) is 0 Å². The van der Waals surface area contributed by atoms with E-state index in [1.54, 1.807) is 6.92 Å². The second-order valence-electron chi connectivity index (χ2n) is 6.81. The first-order valence-electron chi connectivity index (χ1n) is 9.38. The van der Waals surface area contributed by atoms with Gasteiger partial charge in [0.1, 0.15) is 12.1 Å². The number of ether oxygens (including phenoxy) is 1. The molecule has 2 fully saturated rings. The third kappa shape index (κ3) is 4.21. The third-order valence-corrected chi connectivity index (χ3v) is 4.91. The summed E-state index contributed by atoms with van der Waals surface area (Å²) < 4.78 is 5.35. The van der Waals surface area contributed by atoms with E-state index in [1.165, 1.54) is 0 Å². The van der Waals surface area contributed by atoms with Gasteiger partial charge in [-0.1, -0.05) is 13.3 Å². The molecule has 4 amide bonds. The van der Waals surface area contributed by atoms with Crippen molar-refractivity contribution in [3.63, 3.8) is 0 Å². The summed E-state index contributed by atoms with van der Waals surface area (Å²) in [5, 5.41) is 5.42. The highest BCUT2D eigenvalue weighted by Crippen LogP contribution is 2.20. The van der Waals surface area contributed by atoms with Gasteiger partial charge in [0.2, 0.25) is 5.91 Å². The Morgan fingerprint density at radius 2 is 1.93 bits per heavy atom. The van der Waals surface area contributed by atoms with Crippen LogP contribution in [0.2, 0.25) is 0 Å². The molecule has 2 saturated heterocycles. The summed E-state index contributed by atoms with van der Waals surface area (Å²) in [4.78, 5) is 40.2. The fraction of sp³-hybridized carbons (Fsp3) is 0.526. The molecule has 0 spiro atoms. The van der Waals surface area contributed by atoms with Crippen LogP contribution in [0.4, 0.5) is 16.2 Å². The van der Waals surface area contributed by atoms with Crippen molar-refractivity contribution in [1.29, 1.82) is 0 Å². The Balaban J connectivity index is 1.61. The number of hydrogen-bond donors (Lipinski definition) is 2. The number of morpholine rings is 1. The van der Waals surface area contributed by atoms with E-state index >= 15 is 0 Å². The average Bonchev–Trinajstić information content (AvgIpc) is 2.96. The summed E-state index contributed by atoms with van der Waals surface area (Å²) in [6, 6.07) is 5.60. The normalized spacial score (nSPS) is 21.2. The lowest BCUT2D eigenvalue weighted by Crippen LogP contribution is -2.46. The number of rotatable bonds is 6. The molecule has 8 nitrogen and oxygen atoms in total. The van der Waals surface area contributed by atoms with Crippen LogP contribution < -0.4 is 15.5 Å². The number of benzene rings is 1.